The first-order chi connectivity index (χ1) is 7.87. The number of anilines is 1. The summed E-state index contributed by atoms with van der Waals surface area (Å²) in [5.41, 5.74) is 0.833. The van der Waals surface area contributed by atoms with Gasteiger partial charge in [-0.3, -0.25) is 10.1 Å². The van der Waals surface area contributed by atoms with E-state index in [0.29, 0.717) is 17.7 Å². The van der Waals surface area contributed by atoms with Crippen molar-refractivity contribution in [2.75, 3.05) is 11.9 Å². The van der Waals surface area contributed by atoms with Crippen LogP contribution in [-0.4, -0.2) is 22.2 Å². The molecule has 1 rings (SSSR count). The lowest BCUT2D eigenvalue weighted by Crippen LogP contribution is -2.32. The van der Waals surface area contributed by atoms with Crippen LogP contribution in [0.25, 0.3) is 0 Å². The Labute approximate surface area is 101 Å². The summed E-state index contributed by atoms with van der Waals surface area (Å²) in [6.07, 6.45) is 0.526. The molecule has 0 saturated carbocycles. The van der Waals surface area contributed by atoms with Gasteiger partial charge in [0, 0.05) is 17.7 Å². The molecular formula is C12H18N2O3. The number of rotatable bonds is 5. The summed E-state index contributed by atoms with van der Waals surface area (Å²) in [4.78, 5) is 10.6. The first kappa shape index (κ1) is 13.4. The number of nitrogens with one attached hydrogen (secondary N) is 1. The second-order valence-corrected chi connectivity index (χ2v) is 4.71. The maximum atomic E-state index is 11.0. The van der Waals surface area contributed by atoms with Crippen LogP contribution in [0.2, 0.25) is 0 Å². The minimum absolute atomic E-state index is 0.0413. The predicted octanol–water partition coefficient (Wildman–Crippen LogP) is 2.48. The molecule has 0 fully saturated rings. The highest BCUT2D eigenvalue weighted by Crippen LogP contribution is 2.30. The van der Waals surface area contributed by atoms with Crippen molar-refractivity contribution in [2.24, 2.45) is 0 Å². The van der Waals surface area contributed by atoms with E-state index in [2.05, 4.69) is 5.32 Å². The smallest absolute Gasteiger partial charge is 0.295 e. The largest absolute Gasteiger partial charge is 0.396 e. The number of aryl methyl sites for hydroxylation is 1. The number of hydrogen-bond acceptors (Lipinski definition) is 4. The molecule has 0 aliphatic rings. The number of benzene rings is 1. The number of nitrogens with zero attached hydrogens (tertiary/aromatic N) is 1. The Morgan fingerprint density at radius 1 is 1.47 bits per heavy atom. The summed E-state index contributed by atoms with van der Waals surface area (Å²) in [6, 6.07) is 5.17. The van der Waals surface area contributed by atoms with E-state index in [1.807, 2.05) is 13.8 Å². The van der Waals surface area contributed by atoms with Gasteiger partial charge in [0.15, 0.2) is 0 Å². The molecule has 17 heavy (non-hydrogen) atoms. The minimum atomic E-state index is -0.382. The number of aliphatic hydroxyl groups excluding tert-OH is 1. The van der Waals surface area contributed by atoms with E-state index in [4.69, 9.17) is 5.11 Å². The van der Waals surface area contributed by atoms with Crippen molar-refractivity contribution >= 4 is 11.4 Å². The maximum Gasteiger partial charge on any atom is 0.295 e. The van der Waals surface area contributed by atoms with Crippen molar-refractivity contribution in [1.29, 1.82) is 0 Å². The van der Waals surface area contributed by atoms with Gasteiger partial charge in [-0.2, -0.15) is 0 Å². The molecule has 0 amide bonds. The molecule has 0 radical (unpaired) electrons. The molecule has 0 unspecified atom stereocenters. The van der Waals surface area contributed by atoms with E-state index in [1.54, 1.807) is 25.1 Å². The number of nitro benzene ring substituents is 1. The first-order valence-electron chi connectivity index (χ1n) is 5.50. The SMILES string of the molecule is Cc1cccc(NC(C)(C)CCO)c1[N+](=O)[O-]. The lowest BCUT2D eigenvalue weighted by molar-refractivity contribution is -0.384. The van der Waals surface area contributed by atoms with Crippen LogP contribution in [0.5, 0.6) is 0 Å². The van der Waals surface area contributed by atoms with Crippen LogP contribution in [-0.2, 0) is 0 Å². The maximum absolute atomic E-state index is 11.0. The quantitative estimate of drug-likeness (QED) is 0.610. The highest BCUT2D eigenvalue weighted by Gasteiger charge is 2.23. The Bertz CT molecular complexity index is 416. The zero-order valence-corrected chi connectivity index (χ0v) is 10.4. The van der Waals surface area contributed by atoms with Crippen molar-refractivity contribution < 1.29 is 10.0 Å². The summed E-state index contributed by atoms with van der Waals surface area (Å²) >= 11 is 0. The second-order valence-electron chi connectivity index (χ2n) is 4.71. The van der Waals surface area contributed by atoms with E-state index in [1.165, 1.54) is 0 Å². The van der Waals surface area contributed by atoms with Gasteiger partial charge in [-0.25, -0.2) is 0 Å². The van der Waals surface area contributed by atoms with Crippen molar-refractivity contribution in [3.05, 3.63) is 33.9 Å². The summed E-state index contributed by atoms with van der Waals surface area (Å²) in [6.45, 7) is 5.55. The summed E-state index contributed by atoms with van der Waals surface area (Å²) in [7, 11) is 0. The molecular weight excluding hydrogens is 220 g/mol. The van der Waals surface area contributed by atoms with Crippen molar-refractivity contribution in [2.45, 2.75) is 32.7 Å². The highest BCUT2D eigenvalue weighted by molar-refractivity contribution is 5.65. The predicted molar refractivity (Wildman–Crippen MR) is 67.2 cm³/mol. The molecule has 5 heteroatoms. The average Bonchev–Trinajstić information content (AvgIpc) is 2.15. The van der Waals surface area contributed by atoms with Gasteiger partial charge >= 0.3 is 0 Å². The molecule has 0 aliphatic heterocycles. The monoisotopic (exact) mass is 238 g/mol. The van der Waals surface area contributed by atoms with Gasteiger partial charge in [0.2, 0.25) is 0 Å². The Kier molecular flexibility index (Phi) is 4.07. The summed E-state index contributed by atoms with van der Waals surface area (Å²) in [5, 5.41) is 23.0. The van der Waals surface area contributed by atoms with Gasteiger partial charge in [-0.15, -0.1) is 0 Å². The number of nitro groups is 1. The van der Waals surface area contributed by atoms with Gasteiger partial charge < -0.3 is 10.4 Å². The highest BCUT2D eigenvalue weighted by atomic mass is 16.6. The van der Waals surface area contributed by atoms with Crippen LogP contribution < -0.4 is 5.32 Å². The Hall–Kier alpha value is -1.62. The van der Waals surface area contributed by atoms with Gasteiger partial charge in [0.05, 0.1) is 4.92 Å². The van der Waals surface area contributed by atoms with Crippen LogP contribution in [0.4, 0.5) is 11.4 Å². The summed E-state index contributed by atoms with van der Waals surface area (Å²) in [5.74, 6) is 0. The molecule has 2 N–H and O–H groups in total. The molecule has 0 bridgehead atoms. The van der Waals surface area contributed by atoms with E-state index in [0.717, 1.165) is 0 Å². The van der Waals surface area contributed by atoms with Gasteiger partial charge in [-0.1, -0.05) is 12.1 Å². The van der Waals surface area contributed by atoms with Crippen LogP contribution in [0.1, 0.15) is 25.8 Å². The van der Waals surface area contributed by atoms with Crippen molar-refractivity contribution in [3.63, 3.8) is 0 Å². The molecule has 0 spiro atoms. The average molecular weight is 238 g/mol. The first-order valence-corrected chi connectivity index (χ1v) is 5.50. The molecule has 0 atom stereocenters. The van der Waals surface area contributed by atoms with Crippen molar-refractivity contribution in [1.82, 2.24) is 0 Å². The Morgan fingerprint density at radius 3 is 2.65 bits per heavy atom. The molecule has 94 valence electrons. The van der Waals surface area contributed by atoms with Gasteiger partial charge in [-0.05, 0) is 33.3 Å². The number of para-hydroxylation sites is 1. The second kappa shape index (κ2) is 5.14. The van der Waals surface area contributed by atoms with E-state index in [9.17, 15) is 10.1 Å². The minimum Gasteiger partial charge on any atom is -0.396 e. The number of hydrogen-bond donors (Lipinski definition) is 2. The molecule has 1 aromatic rings. The van der Waals surface area contributed by atoms with Gasteiger partial charge in [0.1, 0.15) is 5.69 Å². The van der Waals surface area contributed by atoms with Crippen molar-refractivity contribution in [3.8, 4) is 0 Å². The lowest BCUT2D eigenvalue weighted by atomic mass is 10.00. The normalized spacial score (nSPS) is 11.3. The lowest BCUT2D eigenvalue weighted by Gasteiger charge is -2.26. The Morgan fingerprint density at radius 2 is 2.12 bits per heavy atom. The zero-order chi connectivity index (χ0) is 13.1. The van der Waals surface area contributed by atoms with Crippen LogP contribution in [0.3, 0.4) is 0 Å². The fourth-order valence-electron chi connectivity index (χ4n) is 1.71. The van der Waals surface area contributed by atoms with Crippen LogP contribution >= 0.6 is 0 Å². The molecule has 5 nitrogen and oxygen atoms in total. The van der Waals surface area contributed by atoms with Crippen LogP contribution in [0.15, 0.2) is 18.2 Å². The molecule has 0 saturated heterocycles. The molecule has 1 aromatic carbocycles. The third-order valence-electron chi connectivity index (χ3n) is 2.63. The Balaban J connectivity index is 3.06. The fourth-order valence-corrected chi connectivity index (χ4v) is 1.71. The number of aliphatic hydroxyl groups is 1. The fraction of sp³-hybridized carbons (Fsp3) is 0.500. The third-order valence-corrected chi connectivity index (χ3v) is 2.63. The topological polar surface area (TPSA) is 75.4 Å². The standard InChI is InChI=1S/C12H18N2O3/c1-9-5-4-6-10(11(9)14(16)17)13-12(2,3)7-8-15/h4-6,13,15H,7-8H2,1-3H3. The van der Waals surface area contributed by atoms with E-state index < -0.39 is 0 Å². The van der Waals surface area contributed by atoms with E-state index >= 15 is 0 Å². The zero-order valence-electron chi connectivity index (χ0n) is 10.4. The van der Waals surface area contributed by atoms with Gasteiger partial charge in [0.25, 0.3) is 5.69 Å². The van der Waals surface area contributed by atoms with E-state index in [-0.39, 0.29) is 22.8 Å². The summed E-state index contributed by atoms with van der Waals surface area (Å²) < 4.78 is 0. The third kappa shape index (κ3) is 3.42. The van der Waals surface area contributed by atoms with Crippen LogP contribution in [0, 0.1) is 17.0 Å². The molecule has 0 heterocycles. The molecule has 0 aliphatic carbocycles. The molecule has 0 aromatic heterocycles.